The molecule has 1 aliphatic rings. The molecule has 0 spiro atoms. The number of benzene rings is 1. The van der Waals surface area contributed by atoms with Crippen LogP contribution in [-0.4, -0.2) is 16.6 Å². The highest BCUT2D eigenvalue weighted by atomic mass is 32.1. The van der Waals surface area contributed by atoms with Gasteiger partial charge in [0.15, 0.2) is 0 Å². The number of hydrogen-bond acceptors (Lipinski definition) is 4. The highest BCUT2D eigenvalue weighted by molar-refractivity contribution is 7.11. The van der Waals surface area contributed by atoms with Crippen molar-refractivity contribution in [3.8, 4) is 0 Å². The van der Waals surface area contributed by atoms with Gasteiger partial charge in [-0.1, -0.05) is 24.3 Å². The third-order valence-corrected chi connectivity index (χ3v) is 4.75. The maximum Gasteiger partial charge on any atom is 0.0959 e. The van der Waals surface area contributed by atoms with Gasteiger partial charge in [-0.15, -0.1) is 11.3 Å². The molecule has 4 heteroatoms. The van der Waals surface area contributed by atoms with Gasteiger partial charge < -0.3 is 10.4 Å². The fourth-order valence-corrected chi connectivity index (χ4v) is 3.24. The topological polar surface area (TPSA) is 45.1 Å². The molecule has 0 amide bonds. The van der Waals surface area contributed by atoms with Crippen molar-refractivity contribution < 1.29 is 5.11 Å². The van der Waals surface area contributed by atoms with Gasteiger partial charge in [0.2, 0.25) is 0 Å². The fourth-order valence-electron chi connectivity index (χ4n) is 2.18. The van der Waals surface area contributed by atoms with E-state index < -0.39 is 0 Å². The second kappa shape index (κ2) is 6.48. The number of nitrogens with one attached hydrogen (secondary N) is 1. The van der Waals surface area contributed by atoms with E-state index in [1.54, 1.807) is 0 Å². The van der Waals surface area contributed by atoms with Crippen LogP contribution in [0.2, 0.25) is 0 Å². The van der Waals surface area contributed by atoms with Gasteiger partial charge >= 0.3 is 0 Å². The number of hydrogen-bond donors (Lipinski definition) is 2. The lowest BCUT2D eigenvalue weighted by Crippen LogP contribution is -2.15. The Bertz CT molecular complexity index is 546. The van der Waals surface area contributed by atoms with E-state index in [1.165, 1.54) is 28.3 Å². The SMILES string of the molecule is OCc1ccc(CCNCc2cnc(C3CC3)s2)cc1. The summed E-state index contributed by atoms with van der Waals surface area (Å²) >= 11 is 1.85. The van der Waals surface area contributed by atoms with Gasteiger partial charge in [0, 0.05) is 23.5 Å². The van der Waals surface area contributed by atoms with Crippen molar-refractivity contribution in [2.45, 2.75) is 38.3 Å². The Morgan fingerprint density at radius 2 is 1.95 bits per heavy atom. The van der Waals surface area contributed by atoms with Crippen molar-refractivity contribution in [1.82, 2.24) is 10.3 Å². The smallest absolute Gasteiger partial charge is 0.0959 e. The van der Waals surface area contributed by atoms with E-state index in [9.17, 15) is 0 Å². The standard InChI is InChI=1S/C16H20N2OS/c19-11-13-3-1-12(2-4-13)7-8-17-9-15-10-18-16(20-15)14-5-6-14/h1-4,10,14,17,19H,5-9,11H2. The Kier molecular flexibility index (Phi) is 4.45. The van der Waals surface area contributed by atoms with Crippen LogP contribution >= 0.6 is 11.3 Å². The quantitative estimate of drug-likeness (QED) is 0.770. The Hall–Kier alpha value is -1.23. The lowest BCUT2D eigenvalue weighted by molar-refractivity contribution is 0.282. The van der Waals surface area contributed by atoms with Crippen LogP contribution in [0, 0.1) is 0 Å². The first kappa shape index (κ1) is 13.7. The molecule has 0 unspecified atom stereocenters. The Morgan fingerprint density at radius 3 is 2.65 bits per heavy atom. The Balaban J connectivity index is 1.40. The van der Waals surface area contributed by atoms with Crippen molar-refractivity contribution in [2.24, 2.45) is 0 Å². The van der Waals surface area contributed by atoms with Gasteiger partial charge in [-0.25, -0.2) is 4.98 Å². The van der Waals surface area contributed by atoms with Crippen molar-refractivity contribution >= 4 is 11.3 Å². The third kappa shape index (κ3) is 3.66. The number of thiazole rings is 1. The average molecular weight is 288 g/mol. The number of aliphatic hydroxyl groups excluding tert-OH is 1. The molecule has 0 saturated heterocycles. The molecule has 3 nitrogen and oxygen atoms in total. The summed E-state index contributed by atoms with van der Waals surface area (Å²) in [4.78, 5) is 5.82. The van der Waals surface area contributed by atoms with Crippen LogP contribution in [-0.2, 0) is 19.6 Å². The Labute approximate surface area is 123 Å². The predicted molar refractivity (Wildman–Crippen MR) is 81.9 cm³/mol. The zero-order chi connectivity index (χ0) is 13.8. The molecule has 1 fully saturated rings. The number of aliphatic hydroxyl groups is 1. The highest BCUT2D eigenvalue weighted by Gasteiger charge is 2.26. The molecule has 0 atom stereocenters. The van der Waals surface area contributed by atoms with E-state index in [2.05, 4.69) is 22.4 Å². The molecule has 1 aromatic carbocycles. The fraction of sp³-hybridized carbons (Fsp3) is 0.438. The third-order valence-electron chi connectivity index (χ3n) is 3.59. The van der Waals surface area contributed by atoms with E-state index in [0.29, 0.717) is 0 Å². The van der Waals surface area contributed by atoms with Gasteiger partial charge in [-0.3, -0.25) is 0 Å². The molecule has 0 aliphatic heterocycles. The summed E-state index contributed by atoms with van der Waals surface area (Å²) in [6.45, 7) is 2.00. The largest absolute Gasteiger partial charge is 0.392 e. The van der Waals surface area contributed by atoms with Gasteiger partial charge in [-0.2, -0.15) is 0 Å². The van der Waals surface area contributed by atoms with Crippen LogP contribution < -0.4 is 5.32 Å². The first-order valence-electron chi connectivity index (χ1n) is 7.19. The van der Waals surface area contributed by atoms with E-state index >= 15 is 0 Å². The Morgan fingerprint density at radius 1 is 1.20 bits per heavy atom. The van der Waals surface area contributed by atoms with Crippen molar-refractivity contribution in [3.05, 3.63) is 51.5 Å². The molecule has 0 radical (unpaired) electrons. The molecule has 3 rings (SSSR count). The van der Waals surface area contributed by atoms with Crippen LogP contribution in [0.25, 0.3) is 0 Å². The molecule has 106 valence electrons. The summed E-state index contributed by atoms with van der Waals surface area (Å²) in [5.41, 5.74) is 2.27. The maximum atomic E-state index is 9.00. The molecule has 1 aromatic heterocycles. The van der Waals surface area contributed by atoms with E-state index in [1.807, 2.05) is 29.7 Å². The van der Waals surface area contributed by atoms with Gasteiger partial charge in [0.1, 0.15) is 0 Å². The zero-order valence-corrected chi connectivity index (χ0v) is 12.3. The number of rotatable bonds is 7. The van der Waals surface area contributed by atoms with Gasteiger partial charge in [0.05, 0.1) is 11.6 Å². The molecular weight excluding hydrogens is 268 g/mol. The summed E-state index contributed by atoms with van der Waals surface area (Å²) in [7, 11) is 0. The van der Waals surface area contributed by atoms with Crippen LogP contribution in [0.1, 0.15) is 39.8 Å². The first-order valence-corrected chi connectivity index (χ1v) is 8.01. The minimum atomic E-state index is 0.118. The zero-order valence-electron chi connectivity index (χ0n) is 11.5. The highest BCUT2D eigenvalue weighted by Crippen LogP contribution is 2.41. The second-order valence-electron chi connectivity index (χ2n) is 5.34. The second-order valence-corrected chi connectivity index (χ2v) is 6.49. The summed E-state index contributed by atoms with van der Waals surface area (Å²) in [5, 5.41) is 13.8. The van der Waals surface area contributed by atoms with Gasteiger partial charge in [0.25, 0.3) is 0 Å². The van der Waals surface area contributed by atoms with Crippen LogP contribution in [0.3, 0.4) is 0 Å². The lowest BCUT2D eigenvalue weighted by atomic mass is 10.1. The average Bonchev–Trinajstić information content (AvgIpc) is 3.24. The van der Waals surface area contributed by atoms with E-state index in [4.69, 9.17) is 5.11 Å². The molecule has 2 N–H and O–H groups in total. The number of aromatic nitrogens is 1. The minimum absolute atomic E-state index is 0.118. The molecule has 1 aliphatic carbocycles. The summed E-state index contributed by atoms with van der Waals surface area (Å²) in [6.07, 6.45) is 5.68. The van der Waals surface area contributed by atoms with E-state index in [0.717, 1.165) is 31.0 Å². The van der Waals surface area contributed by atoms with Crippen molar-refractivity contribution in [2.75, 3.05) is 6.54 Å². The van der Waals surface area contributed by atoms with Gasteiger partial charge in [-0.05, 0) is 36.9 Å². The summed E-state index contributed by atoms with van der Waals surface area (Å²) < 4.78 is 0. The van der Waals surface area contributed by atoms with E-state index in [-0.39, 0.29) is 6.61 Å². The molecular formula is C16H20N2OS. The summed E-state index contributed by atoms with van der Waals surface area (Å²) in [6, 6.07) is 8.15. The van der Waals surface area contributed by atoms with Crippen LogP contribution in [0.15, 0.2) is 30.5 Å². The van der Waals surface area contributed by atoms with Crippen LogP contribution in [0.4, 0.5) is 0 Å². The molecule has 0 bridgehead atoms. The molecule has 1 saturated carbocycles. The van der Waals surface area contributed by atoms with Crippen molar-refractivity contribution in [1.29, 1.82) is 0 Å². The minimum Gasteiger partial charge on any atom is -0.392 e. The molecule has 1 heterocycles. The maximum absolute atomic E-state index is 9.00. The molecule has 2 aromatic rings. The predicted octanol–water partition coefficient (Wildman–Crippen LogP) is 2.85. The monoisotopic (exact) mass is 288 g/mol. The molecule has 20 heavy (non-hydrogen) atoms. The lowest BCUT2D eigenvalue weighted by Gasteiger charge is -2.04. The normalized spacial score (nSPS) is 14.7. The number of nitrogens with zero attached hydrogens (tertiary/aromatic N) is 1. The first-order chi connectivity index (χ1) is 9.85. The van der Waals surface area contributed by atoms with Crippen molar-refractivity contribution in [3.63, 3.8) is 0 Å². The summed E-state index contributed by atoms with van der Waals surface area (Å²) in [5.74, 6) is 0.763. The van der Waals surface area contributed by atoms with Crippen LogP contribution in [0.5, 0.6) is 0 Å².